The monoisotopic (exact) mass is 190 g/mol. The van der Waals surface area contributed by atoms with Gasteiger partial charge in [0.05, 0.1) is 0 Å². The van der Waals surface area contributed by atoms with Gasteiger partial charge in [0.15, 0.2) is 0 Å². The third-order valence-electron chi connectivity index (χ3n) is 2.17. The molecule has 0 aliphatic rings. The minimum absolute atomic E-state index is 0.633. The molecule has 0 spiro atoms. The van der Waals surface area contributed by atoms with Crippen molar-refractivity contribution >= 4 is 13.2 Å². The standard InChI is InChI=1S/C11H15BO2/c1-3-11(12(13)14)8-10-6-4-9(2)5-7-10/h4-8,13-14H,3H2,1-2H3/b11-8-. The zero-order valence-corrected chi connectivity index (χ0v) is 8.57. The van der Waals surface area contributed by atoms with Gasteiger partial charge < -0.3 is 10.0 Å². The summed E-state index contributed by atoms with van der Waals surface area (Å²) in [5, 5.41) is 18.0. The fraction of sp³-hybridized carbons (Fsp3) is 0.273. The van der Waals surface area contributed by atoms with E-state index in [9.17, 15) is 0 Å². The molecule has 0 radical (unpaired) electrons. The van der Waals surface area contributed by atoms with Crippen LogP contribution in [0.15, 0.2) is 29.7 Å². The number of benzene rings is 1. The van der Waals surface area contributed by atoms with E-state index in [2.05, 4.69) is 0 Å². The Morgan fingerprint density at radius 1 is 1.29 bits per heavy atom. The molecular weight excluding hydrogens is 175 g/mol. The number of rotatable bonds is 3. The number of hydrogen-bond acceptors (Lipinski definition) is 2. The molecule has 14 heavy (non-hydrogen) atoms. The van der Waals surface area contributed by atoms with E-state index in [1.54, 1.807) is 0 Å². The molecule has 0 unspecified atom stereocenters. The molecule has 0 aromatic heterocycles. The predicted molar refractivity (Wildman–Crippen MR) is 59.6 cm³/mol. The third-order valence-corrected chi connectivity index (χ3v) is 2.17. The Morgan fingerprint density at radius 3 is 2.29 bits per heavy atom. The molecule has 74 valence electrons. The van der Waals surface area contributed by atoms with Gasteiger partial charge in [0.25, 0.3) is 0 Å². The first kappa shape index (κ1) is 11.0. The van der Waals surface area contributed by atoms with Crippen LogP contribution in [0, 0.1) is 6.92 Å². The Kier molecular flexibility index (Phi) is 3.92. The maximum Gasteiger partial charge on any atom is 0.484 e. The van der Waals surface area contributed by atoms with Crippen LogP contribution in [0.4, 0.5) is 0 Å². The second kappa shape index (κ2) is 4.98. The fourth-order valence-corrected chi connectivity index (χ4v) is 1.24. The molecule has 0 heterocycles. The third kappa shape index (κ3) is 3.02. The maximum atomic E-state index is 9.02. The second-order valence-electron chi connectivity index (χ2n) is 3.36. The van der Waals surface area contributed by atoms with E-state index in [4.69, 9.17) is 10.0 Å². The molecule has 0 saturated carbocycles. The maximum absolute atomic E-state index is 9.02. The summed E-state index contributed by atoms with van der Waals surface area (Å²) in [4.78, 5) is 0. The first-order valence-corrected chi connectivity index (χ1v) is 4.76. The average Bonchev–Trinajstić information content (AvgIpc) is 2.16. The van der Waals surface area contributed by atoms with E-state index in [0.717, 1.165) is 5.56 Å². The summed E-state index contributed by atoms with van der Waals surface area (Å²) in [6, 6.07) is 7.94. The van der Waals surface area contributed by atoms with E-state index < -0.39 is 7.12 Å². The Bertz CT molecular complexity index is 315. The van der Waals surface area contributed by atoms with E-state index >= 15 is 0 Å². The lowest BCUT2D eigenvalue weighted by Crippen LogP contribution is -2.14. The van der Waals surface area contributed by atoms with Gasteiger partial charge in [0.1, 0.15) is 0 Å². The Balaban J connectivity index is 2.89. The normalized spacial score (nSPS) is 11.6. The summed E-state index contributed by atoms with van der Waals surface area (Å²) in [5.41, 5.74) is 2.83. The summed E-state index contributed by atoms with van der Waals surface area (Å²) in [6.07, 6.45) is 2.45. The van der Waals surface area contributed by atoms with Crippen molar-refractivity contribution in [3.8, 4) is 0 Å². The van der Waals surface area contributed by atoms with Crippen LogP contribution < -0.4 is 0 Å². The molecule has 0 fully saturated rings. The van der Waals surface area contributed by atoms with Crippen LogP contribution in [-0.4, -0.2) is 17.2 Å². The van der Waals surface area contributed by atoms with Crippen LogP contribution in [0.5, 0.6) is 0 Å². The molecule has 3 heteroatoms. The first-order chi connectivity index (χ1) is 6.63. The fourth-order valence-electron chi connectivity index (χ4n) is 1.24. The van der Waals surface area contributed by atoms with Crippen LogP contribution in [-0.2, 0) is 0 Å². The summed E-state index contributed by atoms with van der Waals surface area (Å²) in [6.45, 7) is 3.93. The summed E-state index contributed by atoms with van der Waals surface area (Å²) in [7, 11) is -1.35. The average molecular weight is 190 g/mol. The Hall–Kier alpha value is -1.06. The number of hydrogen-bond donors (Lipinski definition) is 2. The summed E-state index contributed by atoms with van der Waals surface area (Å²) >= 11 is 0. The first-order valence-electron chi connectivity index (χ1n) is 4.76. The summed E-state index contributed by atoms with van der Waals surface area (Å²) in [5.74, 6) is 0. The Morgan fingerprint density at radius 2 is 1.86 bits per heavy atom. The van der Waals surface area contributed by atoms with Crippen molar-refractivity contribution in [2.24, 2.45) is 0 Å². The molecule has 0 saturated heterocycles. The zero-order valence-electron chi connectivity index (χ0n) is 8.57. The second-order valence-corrected chi connectivity index (χ2v) is 3.36. The molecule has 0 amide bonds. The van der Waals surface area contributed by atoms with Gasteiger partial charge in [0, 0.05) is 0 Å². The lowest BCUT2D eigenvalue weighted by molar-refractivity contribution is 0.417. The quantitative estimate of drug-likeness (QED) is 0.713. The van der Waals surface area contributed by atoms with Gasteiger partial charge in [-0.1, -0.05) is 42.8 Å². The molecule has 0 aliphatic carbocycles. The van der Waals surface area contributed by atoms with E-state index in [-0.39, 0.29) is 0 Å². The van der Waals surface area contributed by atoms with Crippen molar-refractivity contribution in [2.45, 2.75) is 20.3 Å². The Labute approximate surface area is 85.0 Å². The number of allylic oxidation sites excluding steroid dienone is 1. The van der Waals surface area contributed by atoms with Crippen molar-refractivity contribution in [1.82, 2.24) is 0 Å². The van der Waals surface area contributed by atoms with Crippen LogP contribution >= 0.6 is 0 Å². The van der Waals surface area contributed by atoms with Crippen molar-refractivity contribution < 1.29 is 10.0 Å². The molecule has 2 N–H and O–H groups in total. The molecule has 1 rings (SSSR count). The van der Waals surface area contributed by atoms with E-state index in [1.807, 2.05) is 44.2 Å². The highest BCUT2D eigenvalue weighted by atomic mass is 16.4. The van der Waals surface area contributed by atoms with Gasteiger partial charge in [-0.05, 0) is 24.4 Å². The molecular formula is C11H15BO2. The van der Waals surface area contributed by atoms with E-state index in [0.29, 0.717) is 11.9 Å². The highest BCUT2D eigenvalue weighted by Crippen LogP contribution is 2.11. The summed E-state index contributed by atoms with van der Waals surface area (Å²) < 4.78 is 0. The lowest BCUT2D eigenvalue weighted by atomic mass is 9.77. The molecule has 1 aromatic rings. The van der Waals surface area contributed by atoms with Crippen molar-refractivity contribution in [3.63, 3.8) is 0 Å². The van der Waals surface area contributed by atoms with Crippen molar-refractivity contribution in [1.29, 1.82) is 0 Å². The van der Waals surface area contributed by atoms with Gasteiger partial charge in [-0.2, -0.15) is 0 Å². The highest BCUT2D eigenvalue weighted by Gasteiger charge is 2.11. The van der Waals surface area contributed by atoms with E-state index in [1.165, 1.54) is 5.56 Å². The van der Waals surface area contributed by atoms with Crippen molar-refractivity contribution in [3.05, 3.63) is 40.9 Å². The minimum atomic E-state index is -1.35. The van der Waals surface area contributed by atoms with Gasteiger partial charge in [-0.3, -0.25) is 0 Å². The van der Waals surface area contributed by atoms with Gasteiger partial charge in [-0.25, -0.2) is 0 Å². The largest absolute Gasteiger partial charge is 0.484 e. The number of aryl methyl sites for hydroxylation is 1. The molecule has 1 aromatic carbocycles. The SMILES string of the molecule is CC/C(=C/c1ccc(C)cc1)B(O)O. The van der Waals surface area contributed by atoms with Crippen LogP contribution in [0.25, 0.3) is 6.08 Å². The zero-order chi connectivity index (χ0) is 10.6. The van der Waals surface area contributed by atoms with Gasteiger partial charge in [0.2, 0.25) is 0 Å². The van der Waals surface area contributed by atoms with Gasteiger partial charge >= 0.3 is 7.12 Å². The predicted octanol–water partition coefficient (Wildman–Crippen LogP) is 1.80. The molecule has 0 aliphatic heterocycles. The molecule has 2 nitrogen and oxygen atoms in total. The molecule has 0 atom stereocenters. The van der Waals surface area contributed by atoms with Crippen LogP contribution in [0.2, 0.25) is 0 Å². The minimum Gasteiger partial charge on any atom is -0.423 e. The van der Waals surface area contributed by atoms with Crippen LogP contribution in [0.3, 0.4) is 0 Å². The topological polar surface area (TPSA) is 40.5 Å². The lowest BCUT2D eigenvalue weighted by Gasteiger charge is -2.02. The highest BCUT2D eigenvalue weighted by molar-refractivity contribution is 6.51. The molecule has 0 bridgehead atoms. The van der Waals surface area contributed by atoms with Crippen LogP contribution in [0.1, 0.15) is 24.5 Å². The smallest absolute Gasteiger partial charge is 0.423 e. The van der Waals surface area contributed by atoms with Crippen molar-refractivity contribution in [2.75, 3.05) is 0 Å². The van der Waals surface area contributed by atoms with Gasteiger partial charge in [-0.15, -0.1) is 0 Å².